The van der Waals surface area contributed by atoms with E-state index in [1.165, 1.54) is 37.3 Å². The zero-order chi connectivity index (χ0) is 28.2. The Morgan fingerprint density at radius 1 is 1.29 bits per heavy atom. The van der Waals surface area contributed by atoms with Crippen molar-refractivity contribution in [3.05, 3.63) is 40.8 Å². The van der Waals surface area contributed by atoms with Crippen LogP contribution in [0.25, 0.3) is 0 Å². The van der Waals surface area contributed by atoms with Gasteiger partial charge in [-0.2, -0.15) is 4.31 Å². The van der Waals surface area contributed by atoms with Crippen molar-refractivity contribution in [2.75, 3.05) is 20.6 Å². The molecule has 2 atom stereocenters. The van der Waals surface area contributed by atoms with Crippen LogP contribution in [0.1, 0.15) is 38.1 Å². The van der Waals surface area contributed by atoms with Gasteiger partial charge >= 0.3 is 12.1 Å². The maximum absolute atomic E-state index is 13.3. The summed E-state index contributed by atoms with van der Waals surface area (Å²) in [5.41, 5.74) is 0.563. The van der Waals surface area contributed by atoms with Gasteiger partial charge in [-0.15, -0.1) is 0 Å². The van der Waals surface area contributed by atoms with Crippen LogP contribution in [0.3, 0.4) is 0 Å². The van der Waals surface area contributed by atoms with Crippen LogP contribution in [0.2, 0.25) is 5.02 Å². The van der Waals surface area contributed by atoms with Crippen LogP contribution < -0.4 is 10.1 Å². The fraction of sp³-hybridized carbons (Fsp3) is 0.500. The number of rotatable bonds is 9. The van der Waals surface area contributed by atoms with Gasteiger partial charge in [0, 0.05) is 33.3 Å². The monoisotopic (exact) mass is 569 g/mol. The van der Waals surface area contributed by atoms with Crippen LogP contribution in [0.15, 0.2) is 29.4 Å². The summed E-state index contributed by atoms with van der Waals surface area (Å²) in [5, 5.41) is 2.64. The molecule has 2 amide bonds. The van der Waals surface area contributed by atoms with Crippen LogP contribution in [0.5, 0.6) is 5.75 Å². The number of imidazole rings is 1. The molecule has 0 aliphatic carbocycles. The maximum Gasteiger partial charge on any atom is 0.414 e. The normalized spacial score (nSPS) is 16.8. The molecule has 14 heteroatoms. The lowest BCUT2D eigenvalue weighted by molar-refractivity contribution is -0.151. The van der Waals surface area contributed by atoms with Gasteiger partial charge in [0.1, 0.15) is 17.9 Å². The summed E-state index contributed by atoms with van der Waals surface area (Å²) < 4.78 is 37.9. The number of nitrogens with one attached hydrogen (secondary N) is 2. The van der Waals surface area contributed by atoms with Crippen molar-refractivity contribution in [2.45, 2.75) is 63.2 Å². The van der Waals surface area contributed by atoms with Crippen molar-refractivity contribution in [3.63, 3.8) is 0 Å². The van der Waals surface area contributed by atoms with Gasteiger partial charge in [-0.1, -0.05) is 17.7 Å². The van der Waals surface area contributed by atoms with Gasteiger partial charge < -0.3 is 24.7 Å². The summed E-state index contributed by atoms with van der Waals surface area (Å²) in [6.07, 6.45) is 1.01. The number of sulfonamides is 1. The molecule has 0 saturated carbocycles. The molecule has 1 saturated heterocycles. The third-order valence-corrected chi connectivity index (χ3v) is 7.80. The van der Waals surface area contributed by atoms with Gasteiger partial charge in [-0.05, 0) is 51.3 Å². The molecule has 1 fully saturated rings. The predicted molar refractivity (Wildman–Crippen MR) is 138 cm³/mol. The van der Waals surface area contributed by atoms with E-state index in [2.05, 4.69) is 15.3 Å². The van der Waals surface area contributed by atoms with Gasteiger partial charge in [-0.3, -0.25) is 4.79 Å². The number of aromatic amines is 1. The Kier molecular flexibility index (Phi) is 9.39. The number of aryl methyl sites for hydroxylation is 1. The van der Waals surface area contributed by atoms with Gasteiger partial charge in [0.15, 0.2) is 10.8 Å². The molecule has 2 heterocycles. The topological polar surface area (TPSA) is 151 Å². The van der Waals surface area contributed by atoms with Crippen LogP contribution in [-0.2, 0) is 30.8 Å². The fourth-order valence-electron chi connectivity index (χ4n) is 3.89. The van der Waals surface area contributed by atoms with Gasteiger partial charge in [0.2, 0.25) is 5.91 Å². The minimum Gasteiger partial charge on any atom is -0.461 e. The number of nitrogens with zero attached hydrogens (tertiary/aromatic N) is 3. The average Bonchev–Trinajstić information content (AvgIpc) is 3.50. The zero-order valence-corrected chi connectivity index (χ0v) is 23.4. The number of hydrogen-bond donors (Lipinski definition) is 2. The van der Waals surface area contributed by atoms with Crippen LogP contribution in [0.4, 0.5) is 4.79 Å². The van der Waals surface area contributed by atoms with E-state index in [9.17, 15) is 22.8 Å². The van der Waals surface area contributed by atoms with Crippen molar-refractivity contribution in [2.24, 2.45) is 0 Å². The second kappa shape index (κ2) is 12.1. The van der Waals surface area contributed by atoms with E-state index in [-0.39, 0.29) is 35.2 Å². The standard InChI is InChI=1S/C24H32ClN5O7S/c1-14(2)36-23(32)18(12-16-8-9-20(17(25)11-16)37-24(33)29(4)5)28-22(31)19-7-6-10-30(19)38(34,35)21-13-26-15(3)27-21/h8-9,11,13-14,18-19H,6-7,10,12H2,1-5H3,(H,26,27)(H,28,31)/t18-,19-/m0/s1. The quantitative estimate of drug-likeness (QED) is 0.436. The highest BCUT2D eigenvalue weighted by Gasteiger charge is 2.41. The second-order valence-corrected chi connectivity index (χ2v) is 11.6. The number of ether oxygens (including phenoxy) is 2. The highest BCUT2D eigenvalue weighted by molar-refractivity contribution is 7.89. The fourth-order valence-corrected chi connectivity index (χ4v) is 5.74. The number of amides is 2. The number of hydrogen-bond acceptors (Lipinski definition) is 8. The lowest BCUT2D eigenvalue weighted by atomic mass is 10.0. The molecular formula is C24H32ClN5O7S. The predicted octanol–water partition coefficient (Wildman–Crippen LogP) is 2.26. The first-order valence-electron chi connectivity index (χ1n) is 12.0. The average molecular weight is 570 g/mol. The maximum atomic E-state index is 13.3. The molecule has 2 N–H and O–H groups in total. The molecule has 1 aromatic carbocycles. The summed E-state index contributed by atoms with van der Waals surface area (Å²) in [6, 6.07) is 2.49. The molecule has 0 bridgehead atoms. The lowest BCUT2D eigenvalue weighted by Crippen LogP contribution is -2.52. The van der Waals surface area contributed by atoms with E-state index in [0.29, 0.717) is 17.8 Å². The van der Waals surface area contributed by atoms with Gasteiger partial charge in [0.25, 0.3) is 10.0 Å². The smallest absolute Gasteiger partial charge is 0.414 e. The Balaban J connectivity index is 1.80. The highest BCUT2D eigenvalue weighted by atomic mass is 35.5. The van der Waals surface area contributed by atoms with E-state index in [1.807, 2.05) is 0 Å². The summed E-state index contributed by atoms with van der Waals surface area (Å²) in [7, 11) is -0.956. The molecule has 1 aliphatic rings. The first-order chi connectivity index (χ1) is 17.8. The SMILES string of the molecule is Cc1nc(S(=O)(=O)N2CCC[C@H]2C(=O)N[C@@H](Cc2ccc(OC(=O)N(C)C)c(Cl)c2)C(=O)OC(C)C)c[nH]1. The Labute approximate surface area is 226 Å². The number of H-pyrrole nitrogens is 1. The van der Waals surface area contributed by atoms with Crippen molar-refractivity contribution in [3.8, 4) is 5.75 Å². The summed E-state index contributed by atoms with van der Waals surface area (Å²) in [6.45, 7) is 5.14. The number of benzene rings is 1. The third-order valence-electron chi connectivity index (χ3n) is 5.71. The van der Waals surface area contributed by atoms with E-state index in [1.54, 1.807) is 26.8 Å². The number of carbonyl (C=O) groups is 3. The van der Waals surface area contributed by atoms with Crippen molar-refractivity contribution < 1.29 is 32.3 Å². The Morgan fingerprint density at radius 3 is 2.58 bits per heavy atom. The Hall–Kier alpha value is -3.16. The number of aromatic nitrogens is 2. The molecule has 0 unspecified atom stereocenters. The molecular weight excluding hydrogens is 538 g/mol. The van der Waals surface area contributed by atoms with E-state index < -0.39 is 46.2 Å². The first kappa shape index (κ1) is 29.4. The molecule has 0 radical (unpaired) electrons. The van der Waals surface area contributed by atoms with E-state index in [4.69, 9.17) is 21.1 Å². The second-order valence-electron chi connectivity index (χ2n) is 9.38. The zero-order valence-electron chi connectivity index (χ0n) is 21.9. The van der Waals surface area contributed by atoms with Crippen LogP contribution >= 0.6 is 11.6 Å². The van der Waals surface area contributed by atoms with E-state index >= 15 is 0 Å². The number of halogens is 1. The Bertz CT molecular complexity index is 1290. The largest absolute Gasteiger partial charge is 0.461 e. The van der Waals surface area contributed by atoms with Crippen LogP contribution in [0, 0.1) is 6.92 Å². The van der Waals surface area contributed by atoms with Crippen molar-refractivity contribution in [1.29, 1.82) is 0 Å². The van der Waals surface area contributed by atoms with Crippen molar-refractivity contribution in [1.82, 2.24) is 24.5 Å². The number of esters is 1. The lowest BCUT2D eigenvalue weighted by Gasteiger charge is -2.25. The minimum atomic E-state index is -4.02. The minimum absolute atomic E-state index is 0.0109. The molecule has 208 valence electrons. The summed E-state index contributed by atoms with van der Waals surface area (Å²) >= 11 is 6.28. The van der Waals surface area contributed by atoms with Crippen molar-refractivity contribution >= 4 is 39.6 Å². The molecule has 12 nitrogen and oxygen atoms in total. The highest BCUT2D eigenvalue weighted by Crippen LogP contribution is 2.28. The Morgan fingerprint density at radius 2 is 2.00 bits per heavy atom. The van der Waals surface area contributed by atoms with Gasteiger partial charge in [0.05, 0.1) is 11.1 Å². The molecule has 1 aliphatic heterocycles. The molecule has 0 spiro atoms. The molecule has 3 rings (SSSR count). The van der Waals surface area contributed by atoms with E-state index in [0.717, 1.165) is 4.31 Å². The number of carbonyl (C=O) groups excluding carboxylic acids is 3. The first-order valence-corrected chi connectivity index (χ1v) is 13.8. The molecule has 2 aromatic rings. The summed E-state index contributed by atoms with van der Waals surface area (Å²) in [5.74, 6) is -0.726. The third kappa shape index (κ3) is 7.03. The molecule has 1 aromatic heterocycles. The van der Waals surface area contributed by atoms with Gasteiger partial charge in [-0.25, -0.2) is 23.0 Å². The summed E-state index contributed by atoms with van der Waals surface area (Å²) in [4.78, 5) is 46.0. The molecule has 38 heavy (non-hydrogen) atoms. The van der Waals surface area contributed by atoms with Crippen LogP contribution in [-0.4, -0.2) is 84.4 Å².